The SMILES string of the molecule is CCCCC1=C(C(=O)OCC)C(c2ccc(OCc3ccccc3F)c(OC)c2)NC(=O)N1. The Kier molecular flexibility index (Phi) is 8.29. The smallest absolute Gasteiger partial charge is 0.338 e. The fourth-order valence-corrected chi connectivity index (χ4v) is 3.62. The van der Waals surface area contributed by atoms with Crippen LogP contribution in [0.15, 0.2) is 53.7 Å². The number of hydrogen-bond acceptors (Lipinski definition) is 5. The molecule has 1 aliphatic rings. The summed E-state index contributed by atoms with van der Waals surface area (Å²) < 4.78 is 30.5. The molecule has 33 heavy (non-hydrogen) atoms. The van der Waals surface area contributed by atoms with Crippen molar-refractivity contribution in [3.63, 3.8) is 0 Å². The standard InChI is InChI=1S/C25H29FN2O5/c1-4-6-11-19-22(24(29)32-5-2)23(28-25(30)27-19)16-12-13-20(21(14-16)31-3)33-15-17-9-7-8-10-18(17)26/h7-10,12-14,23H,4-6,11,15H2,1-3H3,(H2,27,28,30). The summed E-state index contributed by atoms with van der Waals surface area (Å²) in [6.45, 7) is 4.02. The minimum Gasteiger partial charge on any atom is -0.493 e. The largest absolute Gasteiger partial charge is 0.493 e. The Morgan fingerprint density at radius 2 is 1.91 bits per heavy atom. The summed E-state index contributed by atoms with van der Waals surface area (Å²) in [5.41, 5.74) is 1.98. The predicted octanol–water partition coefficient (Wildman–Crippen LogP) is 4.77. The van der Waals surface area contributed by atoms with Gasteiger partial charge in [0.05, 0.1) is 25.3 Å². The molecule has 8 heteroatoms. The van der Waals surface area contributed by atoms with Gasteiger partial charge in [0.1, 0.15) is 12.4 Å². The Balaban J connectivity index is 1.92. The molecule has 0 saturated carbocycles. The Hall–Kier alpha value is -3.55. The number of unbranched alkanes of at least 4 members (excludes halogenated alkanes) is 1. The molecule has 2 N–H and O–H groups in total. The molecule has 0 saturated heterocycles. The van der Waals surface area contributed by atoms with Crippen molar-refractivity contribution in [1.82, 2.24) is 10.6 Å². The molecule has 1 unspecified atom stereocenters. The molecule has 2 aromatic rings. The molecule has 1 aliphatic heterocycles. The van der Waals surface area contributed by atoms with Crippen LogP contribution in [0, 0.1) is 5.82 Å². The fraction of sp³-hybridized carbons (Fsp3) is 0.360. The third-order valence-electron chi connectivity index (χ3n) is 5.29. The van der Waals surface area contributed by atoms with Crippen LogP contribution >= 0.6 is 0 Å². The van der Waals surface area contributed by atoms with Crippen molar-refractivity contribution in [3.8, 4) is 11.5 Å². The maximum atomic E-state index is 13.9. The van der Waals surface area contributed by atoms with Gasteiger partial charge in [0.15, 0.2) is 11.5 Å². The zero-order chi connectivity index (χ0) is 23.8. The van der Waals surface area contributed by atoms with E-state index in [0.29, 0.717) is 40.3 Å². The van der Waals surface area contributed by atoms with E-state index in [1.54, 1.807) is 43.3 Å². The van der Waals surface area contributed by atoms with Gasteiger partial charge in [0.25, 0.3) is 0 Å². The number of ether oxygens (including phenoxy) is 3. The van der Waals surface area contributed by atoms with Crippen molar-refractivity contribution in [2.75, 3.05) is 13.7 Å². The summed E-state index contributed by atoms with van der Waals surface area (Å²) >= 11 is 0. The minimum absolute atomic E-state index is 0.0294. The first-order chi connectivity index (χ1) is 16.0. The van der Waals surface area contributed by atoms with E-state index in [1.165, 1.54) is 13.2 Å². The number of methoxy groups -OCH3 is 1. The van der Waals surface area contributed by atoms with Gasteiger partial charge in [-0.15, -0.1) is 0 Å². The molecule has 1 atom stereocenters. The number of urea groups is 1. The number of allylic oxidation sites excluding steroid dienone is 1. The summed E-state index contributed by atoms with van der Waals surface area (Å²) in [6, 6.07) is 10.4. The number of rotatable bonds is 10. The van der Waals surface area contributed by atoms with Crippen LogP contribution in [0.25, 0.3) is 0 Å². The second-order valence-corrected chi connectivity index (χ2v) is 7.54. The van der Waals surface area contributed by atoms with Crippen molar-refractivity contribution < 1.29 is 28.2 Å². The summed E-state index contributed by atoms with van der Waals surface area (Å²) in [5, 5.41) is 5.57. The van der Waals surface area contributed by atoms with Crippen LogP contribution in [0.4, 0.5) is 9.18 Å². The van der Waals surface area contributed by atoms with Crippen LogP contribution in [0.1, 0.15) is 50.3 Å². The molecule has 0 aromatic heterocycles. The molecular weight excluding hydrogens is 427 g/mol. The Morgan fingerprint density at radius 3 is 2.61 bits per heavy atom. The van der Waals surface area contributed by atoms with Crippen LogP contribution < -0.4 is 20.1 Å². The summed E-state index contributed by atoms with van der Waals surface area (Å²) in [4.78, 5) is 25.2. The maximum Gasteiger partial charge on any atom is 0.338 e. The van der Waals surface area contributed by atoms with Crippen molar-refractivity contribution >= 4 is 12.0 Å². The number of carbonyl (C=O) groups excluding carboxylic acids is 2. The van der Waals surface area contributed by atoms with Gasteiger partial charge in [-0.1, -0.05) is 37.6 Å². The van der Waals surface area contributed by atoms with E-state index in [2.05, 4.69) is 10.6 Å². The summed E-state index contributed by atoms with van der Waals surface area (Å²) in [7, 11) is 1.49. The number of halogens is 1. The highest BCUT2D eigenvalue weighted by atomic mass is 19.1. The van der Waals surface area contributed by atoms with E-state index >= 15 is 0 Å². The molecule has 3 rings (SSSR count). The van der Waals surface area contributed by atoms with Crippen LogP contribution in [-0.4, -0.2) is 25.7 Å². The van der Waals surface area contributed by atoms with Gasteiger partial charge >= 0.3 is 12.0 Å². The van der Waals surface area contributed by atoms with E-state index < -0.39 is 18.0 Å². The van der Waals surface area contributed by atoms with Crippen molar-refractivity contribution in [1.29, 1.82) is 0 Å². The average Bonchev–Trinajstić information content (AvgIpc) is 2.81. The Labute approximate surface area is 192 Å². The lowest BCUT2D eigenvalue weighted by Crippen LogP contribution is -2.46. The van der Waals surface area contributed by atoms with Crippen LogP contribution in [0.3, 0.4) is 0 Å². The quantitative estimate of drug-likeness (QED) is 0.503. The zero-order valence-electron chi connectivity index (χ0n) is 19.1. The molecule has 2 amide bonds. The van der Waals surface area contributed by atoms with E-state index in [1.807, 2.05) is 6.92 Å². The zero-order valence-corrected chi connectivity index (χ0v) is 19.1. The molecule has 0 spiro atoms. The van der Waals surface area contributed by atoms with E-state index in [9.17, 15) is 14.0 Å². The highest BCUT2D eigenvalue weighted by Crippen LogP contribution is 2.35. The van der Waals surface area contributed by atoms with Gasteiger partial charge in [0.2, 0.25) is 0 Å². The summed E-state index contributed by atoms with van der Waals surface area (Å²) in [5.74, 6) is -0.0261. The lowest BCUT2D eigenvalue weighted by molar-refractivity contribution is -0.139. The molecule has 1 heterocycles. The number of hydrogen-bond donors (Lipinski definition) is 2. The van der Waals surface area contributed by atoms with Gasteiger partial charge in [-0.25, -0.2) is 14.0 Å². The number of nitrogens with one attached hydrogen (secondary N) is 2. The van der Waals surface area contributed by atoms with Crippen molar-refractivity contribution in [2.24, 2.45) is 0 Å². The summed E-state index contributed by atoms with van der Waals surface area (Å²) in [6.07, 6.45) is 2.28. The van der Waals surface area contributed by atoms with Gasteiger partial charge in [-0.2, -0.15) is 0 Å². The van der Waals surface area contributed by atoms with Crippen LogP contribution in [0.5, 0.6) is 11.5 Å². The molecule has 0 fully saturated rings. The molecular formula is C25H29FN2O5. The first-order valence-electron chi connectivity index (χ1n) is 11.0. The van der Waals surface area contributed by atoms with E-state index in [-0.39, 0.29) is 19.0 Å². The monoisotopic (exact) mass is 456 g/mol. The third kappa shape index (κ3) is 5.83. The van der Waals surface area contributed by atoms with Gasteiger partial charge < -0.3 is 24.8 Å². The highest BCUT2D eigenvalue weighted by molar-refractivity contribution is 5.95. The first kappa shape index (κ1) is 24.1. The number of benzene rings is 2. The molecule has 7 nitrogen and oxygen atoms in total. The maximum absolute atomic E-state index is 13.9. The van der Waals surface area contributed by atoms with E-state index in [4.69, 9.17) is 14.2 Å². The molecule has 0 radical (unpaired) electrons. The number of esters is 1. The Morgan fingerprint density at radius 1 is 1.12 bits per heavy atom. The minimum atomic E-state index is -0.709. The first-order valence-corrected chi connectivity index (χ1v) is 11.0. The molecule has 176 valence electrons. The van der Waals surface area contributed by atoms with Gasteiger partial charge in [0, 0.05) is 11.3 Å². The van der Waals surface area contributed by atoms with Crippen LogP contribution in [0.2, 0.25) is 0 Å². The third-order valence-corrected chi connectivity index (χ3v) is 5.29. The lowest BCUT2D eigenvalue weighted by Gasteiger charge is -2.29. The molecule has 0 bridgehead atoms. The predicted molar refractivity (Wildman–Crippen MR) is 121 cm³/mol. The lowest BCUT2D eigenvalue weighted by atomic mass is 9.93. The normalized spacial score (nSPS) is 15.5. The highest BCUT2D eigenvalue weighted by Gasteiger charge is 2.33. The van der Waals surface area contributed by atoms with Gasteiger partial charge in [-0.3, -0.25) is 0 Å². The Bertz CT molecular complexity index is 1040. The topological polar surface area (TPSA) is 85.9 Å². The fourth-order valence-electron chi connectivity index (χ4n) is 3.62. The van der Waals surface area contributed by atoms with Crippen LogP contribution in [-0.2, 0) is 16.1 Å². The average molecular weight is 457 g/mol. The molecule has 0 aliphatic carbocycles. The number of carbonyl (C=O) groups is 2. The van der Waals surface area contributed by atoms with Gasteiger partial charge in [-0.05, 0) is 43.5 Å². The second kappa shape index (κ2) is 11.4. The van der Waals surface area contributed by atoms with E-state index in [0.717, 1.165) is 12.8 Å². The number of amides is 2. The van der Waals surface area contributed by atoms with Crippen molar-refractivity contribution in [2.45, 2.75) is 45.8 Å². The second-order valence-electron chi connectivity index (χ2n) is 7.54. The van der Waals surface area contributed by atoms with Crippen molar-refractivity contribution in [3.05, 3.63) is 70.7 Å². The molecule has 2 aromatic carbocycles.